The number of hydrogen-bond donors (Lipinski definition) is 1. The van der Waals surface area contributed by atoms with Crippen LogP contribution in [-0.2, 0) is 0 Å². The third kappa shape index (κ3) is 1.29. The monoisotopic (exact) mass is 135 g/mol. The third-order valence-electron chi connectivity index (χ3n) is 1.66. The van der Waals surface area contributed by atoms with Crippen molar-refractivity contribution in [1.29, 1.82) is 0 Å². The van der Waals surface area contributed by atoms with E-state index < -0.39 is 0 Å². The Balaban J connectivity index is 2.77. The van der Waals surface area contributed by atoms with Gasteiger partial charge in [-0.05, 0) is 18.9 Å². The summed E-state index contributed by atoms with van der Waals surface area (Å²) >= 11 is 0. The first-order chi connectivity index (χ1) is 4.88. The van der Waals surface area contributed by atoms with Gasteiger partial charge in [-0.15, -0.1) is 0 Å². The molecule has 1 aliphatic heterocycles. The average molecular weight is 135 g/mol. The SMILES string of the molecule is C=C/C=C1/CCN/C1=C/C. The van der Waals surface area contributed by atoms with E-state index in [0.717, 1.165) is 13.0 Å². The van der Waals surface area contributed by atoms with Gasteiger partial charge in [0.1, 0.15) is 0 Å². The highest BCUT2D eigenvalue weighted by atomic mass is 14.9. The van der Waals surface area contributed by atoms with Gasteiger partial charge in [-0.3, -0.25) is 0 Å². The van der Waals surface area contributed by atoms with Crippen molar-refractivity contribution in [2.75, 3.05) is 6.54 Å². The molecule has 0 aromatic heterocycles. The molecule has 0 radical (unpaired) electrons. The molecule has 0 spiro atoms. The normalized spacial score (nSPS) is 25.3. The highest BCUT2D eigenvalue weighted by Gasteiger charge is 2.09. The van der Waals surface area contributed by atoms with Crippen molar-refractivity contribution < 1.29 is 0 Å². The highest BCUT2D eigenvalue weighted by molar-refractivity contribution is 5.35. The smallest absolute Gasteiger partial charge is 0.0330 e. The Kier molecular flexibility index (Phi) is 2.32. The molecule has 0 aromatic rings. The van der Waals surface area contributed by atoms with Crippen LogP contribution in [0, 0.1) is 0 Å². The maximum absolute atomic E-state index is 3.66. The van der Waals surface area contributed by atoms with Crippen LogP contribution in [0.2, 0.25) is 0 Å². The molecule has 0 bridgehead atoms. The lowest BCUT2D eigenvalue weighted by Crippen LogP contribution is -2.02. The second-order valence-electron chi connectivity index (χ2n) is 2.31. The molecule has 1 heteroatoms. The van der Waals surface area contributed by atoms with Gasteiger partial charge in [-0.25, -0.2) is 0 Å². The van der Waals surface area contributed by atoms with Gasteiger partial charge in [-0.2, -0.15) is 0 Å². The Bertz CT molecular complexity index is 187. The zero-order valence-electron chi connectivity index (χ0n) is 6.35. The largest absolute Gasteiger partial charge is 0.385 e. The molecule has 1 nitrogen and oxygen atoms in total. The van der Waals surface area contributed by atoms with E-state index in [1.807, 2.05) is 13.0 Å². The summed E-state index contributed by atoms with van der Waals surface area (Å²) in [5.41, 5.74) is 2.64. The van der Waals surface area contributed by atoms with Gasteiger partial charge in [0.2, 0.25) is 0 Å². The molecule has 1 N–H and O–H groups in total. The lowest BCUT2D eigenvalue weighted by Gasteiger charge is -1.96. The molecule has 54 valence electrons. The van der Waals surface area contributed by atoms with Crippen LogP contribution in [0.25, 0.3) is 0 Å². The summed E-state index contributed by atoms with van der Waals surface area (Å²) in [6.45, 7) is 6.78. The molecule has 0 aromatic carbocycles. The minimum Gasteiger partial charge on any atom is -0.385 e. The Hall–Kier alpha value is -0.980. The van der Waals surface area contributed by atoms with Crippen molar-refractivity contribution in [1.82, 2.24) is 5.32 Å². The molecule has 1 heterocycles. The van der Waals surface area contributed by atoms with Crippen LogP contribution >= 0.6 is 0 Å². The first kappa shape index (κ1) is 7.13. The van der Waals surface area contributed by atoms with E-state index in [1.54, 1.807) is 0 Å². The van der Waals surface area contributed by atoms with Crippen molar-refractivity contribution in [3.05, 3.63) is 36.1 Å². The van der Waals surface area contributed by atoms with Crippen molar-refractivity contribution in [3.8, 4) is 0 Å². The first-order valence-electron chi connectivity index (χ1n) is 3.60. The Morgan fingerprint density at radius 2 is 2.40 bits per heavy atom. The lowest BCUT2D eigenvalue weighted by atomic mass is 10.1. The highest BCUT2D eigenvalue weighted by Crippen LogP contribution is 2.16. The summed E-state index contributed by atoms with van der Waals surface area (Å²) in [7, 11) is 0. The van der Waals surface area contributed by atoms with Crippen LogP contribution < -0.4 is 5.32 Å². The summed E-state index contributed by atoms with van der Waals surface area (Å²) in [6, 6.07) is 0. The molecule has 1 saturated heterocycles. The molecule has 0 atom stereocenters. The molecule has 0 unspecified atom stereocenters. The number of allylic oxidation sites excluding steroid dienone is 4. The van der Waals surface area contributed by atoms with E-state index in [9.17, 15) is 0 Å². The van der Waals surface area contributed by atoms with Gasteiger partial charge >= 0.3 is 0 Å². The number of rotatable bonds is 1. The summed E-state index contributed by atoms with van der Waals surface area (Å²) < 4.78 is 0. The van der Waals surface area contributed by atoms with Crippen LogP contribution in [-0.4, -0.2) is 6.54 Å². The zero-order valence-corrected chi connectivity index (χ0v) is 6.35. The van der Waals surface area contributed by atoms with Gasteiger partial charge in [-0.1, -0.05) is 24.8 Å². The molecule has 0 saturated carbocycles. The second-order valence-corrected chi connectivity index (χ2v) is 2.31. The van der Waals surface area contributed by atoms with E-state index in [1.165, 1.54) is 11.3 Å². The maximum atomic E-state index is 3.66. The Morgan fingerprint density at radius 3 is 3.00 bits per heavy atom. The minimum absolute atomic E-state index is 1.07. The van der Waals surface area contributed by atoms with Crippen LogP contribution in [0.1, 0.15) is 13.3 Å². The van der Waals surface area contributed by atoms with E-state index in [4.69, 9.17) is 0 Å². The fraction of sp³-hybridized carbons (Fsp3) is 0.333. The quantitative estimate of drug-likeness (QED) is 0.580. The Morgan fingerprint density at radius 1 is 1.60 bits per heavy atom. The molecular formula is C9H13N. The van der Waals surface area contributed by atoms with E-state index in [2.05, 4.69) is 24.0 Å². The molecular weight excluding hydrogens is 122 g/mol. The van der Waals surface area contributed by atoms with Crippen molar-refractivity contribution in [2.45, 2.75) is 13.3 Å². The van der Waals surface area contributed by atoms with Crippen LogP contribution in [0.15, 0.2) is 36.1 Å². The molecule has 1 fully saturated rings. The summed E-state index contributed by atoms with van der Waals surface area (Å²) in [6.07, 6.45) is 7.13. The van der Waals surface area contributed by atoms with E-state index in [-0.39, 0.29) is 0 Å². The maximum Gasteiger partial charge on any atom is 0.0330 e. The number of nitrogens with one attached hydrogen (secondary N) is 1. The summed E-state index contributed by atoms with van der Waals surface area (Å²) in [5.74, 6) is 0. The van der Waals surface area contributed by atoms with Gasteiger partial charge in [0.25, 0.3) is 0 Å². The van der Waals surface area contributed by atoms with Gasteiger partial charge in [0.15, 0.2) is 0 Å². The molecule has 0 amide bonds. The van der Waals surface area contributed by atoms with Crippen molar-refractivity contribution >= 4 is 0 Å². The summed E-state index contributed by atoms with van der Waals surface area (Å²) in [4.78, 5) is 0. The van der Waals surface area contributed by atoms with E-state index in [0.29, 0.717) is 0 Å². The minimum atomic E-state index is 1.07. The second kappa shape index (κ2) is 3.25. The third-order valence-corrected chi connectivity index (χ3v) is 1.66. The number of hydrogen-bond acceptors (Lipinski definition) is 1. The van der Waals surface area contributed by atoms with Gasteiger partial charge < -0.3 is 5.32 Å². The van der Waals surface area contributed by atoms with Crippen LogP contribution in [0.4, 0.5) is 0 Å². The fourth-order valence-corrected chi connectivity index (χ4v) is 1.18. The van der Waals surface area contributed by atoms with Gasteiger partial charge in [0, 0.05) is 12.2 Å². The lowest BCUT2D eigenvalue weighted by molar-refractivity contribution is 0.913. The average Bonchev–Trinajstić information content (AvgIpc) is 2.36. The van der Waals surface area contributed by atoms with Crippen LogP contribution in [0.3, 0.4) is 0 Å². The van der Waals surface area contributed by atoms with Crippen molar-refractivity contribution in [3.63, 3.8) is 0 Å². The van der Waals surface area contributed by atoms with Crippen LogP contribution in [0.5, 0.6) is 0 Å². The van der Waals surface area contributed by atoms with E-state index >= 15 is 0 Å². The standard InChI is InChI=1S/C9H13N/c1-3-5-8-6-7-10-9(8)4-2/h3-5,10H,1,6-7H2,2H3/b8-5-,9-4+. The first-order valence-corrected chi connectivity index (χ1v) is 3.60. The summed E-state index contributed by atoms with van der Waals surface area (Å²) in [5, 5.41) is 3.29. The fourth-order valence-electron chi connectivity index (χ4n) is 1.18. The van der Waals surface area contributed by atoms with Crippen molar-refractivity contribution in [2.24, 2.45) is 0 Å². The zero-order chi connectivity index (χ0) is 7.40. The predicted molar refractivity (Wildman–Crippen MR) is 44.7 cm³/mol. The molecule has 1 aliphatic rings. The molecule has 0 aliphatic carbocycles. The molecule has 10 heavy (non-hydrogen) atoms. The Labute approximate surface area is 62.1 Å². The molecule has 1 rings (SSSR count). The predicted octanol–water partition coefficient (Wildman–Crippen LogP) is 2.00. The van der Waals surface area contributed by atoms with Gasteiger partial charge in [0.05, 0.1) is 0 Å². The topological polar surface area (TPSA) is 12.0 Å².